The molecular weight excluding hydrogens is 260 g/mol. The Balaban J connectivity index is 2.53. The Hall–Kier alpha value is 0.430. The third-order valence-corrected chi connectivity index (χ3v) is 4.04. The number of hydrogen-bond acceptors (Lipinski definition) is 2. The molecule has 0 spiro atoms. The molecule has 4 heteroatoms. The molecule has 0 fully saturated rings. The molecule has 0 aliphatic carbocycles. The minimum Gasteiger partial charge on any atom is -0.393 e. The van der Waals surface area contributed by atoms with Gasteiger partial charge in [0.05, 0.1) is 6.10 Å². The van der Waals surface area contributed by atoms with Gasteiger partial charge in [0.1, 0.15) is 4.34 Å². The van der Waals surface area contributed by atoms with Gasteiger partial charge in [-0.3, -0.25) is 0 Å². The largest absolute Gasteiger partial charge is 0.393 e. The zero-order valence-corrected chi connectivity index (χ0v) is 9.84. The average molecular weight is 270 g/mol. The van der Waals surface area contributed by atoms with Crippen LogP contribution in [0.1, 0.15) is 18.2 Å². The maximum atomic E-state index is 9.05. The van der Waals surface area contributed by atoms with Crippen LogP contribution in [-0.4, -0.2) is 11.2 Å². The predicted molar refractivity (Wildman–Crippen MR) is 57.0 cm³/mol. The Bertz CT molecular complexity index is 240. The molecule has 1 unspecified atom stereocenters. The van der Waals surface area contributed by atoms with Crippen LogP contribution < -0.4 is 0 Å². The normalized spacial score (nSPS) is 13.3. The van der Waals surface area contributed by atoms with Crippen LogP contribution in [0.25, 0.3) is 0 Å². The summed E-state index contributed by atoms with van der Waals surface area (Å²) in [5, 5.41) is 9.05. The molecule has 1 atom stereocenters. The molecule has 12 heavy (non-hydrogen) atoms. The second-order valence-electron chi connectivity index (χ2n) is 2.72. The SMILES string of the molecule is CC(O)CCc1cc(Br)c(Cl)s1. The lowest BCUT2D eigenvalue weighted by Crippen LogP contribution is -1.99. The Morgan fingerprint density at radius 2 is 2.42 bits per heavy atom. The molecule has 1 nitrogen and oxygen atoms in total. The molecule has 0 aliphatic heterocycles. The monoisotopic (exact) mass is 268 g/mol. The summed E-state index contributed by atoms with van der Waals surface area (Å²) >= 11 is 10.8. The van der Waals surface area contributed by atoms with Gasteiger partial charge in [-0.05, 0) is 41.8 Å². The Morgan fingerprint density at radius 1 is 1.75 bits per heavy atom. The topological polar surface area (TPSA) is 20.2 Å². The zero-order valence-electron chi connectivity index (χ0n) is 6.68. The van der Waals surface area contributed by atoms with E-state index in [1.54, 1.807) is 18.3 Å². The van der Waals surface area contributed by atoms with Gasteiger partial charge in [-0.1, -0.05) is 11.6 Å². The molecule has 0 amide bonds. The highest BCUT2D eigenvalue weighted by Crippen LogP contribution is 2.32. The number of rotatable bonds is 3. The fraction of sp³-hybridized carbons (Fsp3) is 0.500. The molecule has 0 aliphatic rings. The van der Waals surface area contributed by atoms with Gasteiger partial charge in [-0.25, -0.2) is 0 Å². The van der Waals surface area contributed by atoms with Crippen LogP contribution in [0.4, 0.5) is 0 Å². The molecule has 0 saturated heterocycles. The lowest BCUT2D eigenvalue weighted by atomic mass is 10.2. The van der Waals surface area contributed by atoms with Crippen molar-refractivity contribution < 1.29 is 5.11 Å². The summed E-state index contributed by atoms with van der Waals surface area (Å²) in [7, 11) is 0. The molecule has 1 rings (SSSR count). The standard InChI is InChI=1S/C8H10BrClOS/c1-5(11)2-3-6-4-7(9)8(10)12-6/h4-5,11H,2-3H2,1H3. The minimum absolute atomic E-state index is 0.232. The molecule has 1 N–H and O–H groups in total. The first kappa shape index (κ1) is 10.5. The lowest BCUT2D eigenvalue weighted by Gasteiger charge is -2.00. The first-order chi connectivity index (χ1) is 5.59. The van der Waals surface area contributed by atoms with Crippen molar-refractivity contribution in [2.45, 2.75) is 25.9 Å². The van der Waals surface area contributed by atoms with Gasteiger partial charge in [0.25, 0.3) is 0 Å². The van der Waals surface area contributed by atoms with E-state index in [4.69, 9.17) is 16.7 Å². The van der Waals surface area contributed by atoms with Gasteiger partial charge in [0.2, 0.25) is 0 Å². The van der Waals surface area contributed by atoms with Gasteiger partial charge in [0, 0.05) is 9.35 Å². The van der Waals surface area contributed by atoms with E-state index >= 15 is 0 Å². The summed E-state index contributed by atoms with van der Waals surface area (Å²) in [5.41, 5.74) is 0. The number of aliphatic hydroxyl groups excluding tert-OH is 1. The Kier molecular flexibility index (Phi) is 4.03. The van der Waals surface area contributed by atoms with Crippen molar-refractivity contribution in [2.75, 3.05) is 0 Å². The van der Waals surface area contributed by atoms with E-state index in [0.29, 0.717) is 0 Å². The van der Waals surface area contributed by atoms with Gasteiger partial charge >= 0.3 is 0 Å². The first-order valence-electron chi connectivity index (χ1n) is 3.71. The fourth-order valence-corrected chi connectivity index (χ4v) is 2.67. The summed E-state index contributed by atoms with van der Waals surface area (Å²) in [5.74, 6) is 0. The second-order valence-corrected chi connectivity index (χ2v) is 5.32. The van der Waals surface area contributed by atoms with E-state index in [0.717, 1.165) is 21.7 Å². The van der Waals surface area contributed by atoms with E-state index in [-0.39, 0.29) is 6.10 Å². The number of halogens is 2. The summed E-state index contributed by atoms with van der Waals surface area (Å²) in [6.07, 6.45) is 1.46. The van der Waals surface area contributed by atoms with Crippen LogP contribution in [-0.2, 0) is 6.42 Å². The van der Waals surface area contributed by atoms with Crippen molar-refractivity contribution in [1.82, 2.24) is 0 Å². The molecule has 1 heterocycles. The van der Waals surface area contributed by atoms with Crippen LogP contribution in [0.15, 0.2) is 10.5 Å². The van der Waals surface area contributed by atoms with Crippen LogP contribution in [0.2, 0.25) is 4.34 Å². The predicted octanol–water partition coefficient (Wildman–Crippen LogP) is 3.48. The average Bonchev–Trinajstić information content (AvgIpc) is 2.28. The number of hydrogen-bond donors (Lipinski definition) is 1. The maximum absolute atomic E-state index is 9.05. The summed E-state index contributed by atoms with van der Waals surface area (Å²) in [6.45, 7) is 1.80. The molecule has 0 bridgehead atoms. The summed E-state index contributed by atoms with van der Waals surface area (Å²) < 4.78 is 1.74. The first-order valence-corrected chi connectivity index (χ1v) is 5.70. The van der Waals surface area contributed by atoms with E-state index < -0.39 is 0 Å². The van der Waals surface area contributed by atoms with E-state index in [2.05, 4.69) is 15.9 Å². The minimum atomic E-state index is -0.232. The quantitative estimate of drug-likeness (QED) is 0.891. The van der Waals surface area contributed by atoms with Crippen LogP contribution >= 0.6 is 38.9 Å². The van der Waals surface area contributed by atoms with Crippen molar-refractivity contribution in [3.05, 3.63) is 19.8 Å². The lowest BCUT2D eigenvalue weighted by molar-refractivity contribution is 0.185. The van der Waals surface area contributed by atoms with E-state index in [1.807, 2.05) is 6.07 Å². The number of aryl methyl sites for hydroxylation is 1. The Labute approximate surface area is 89.5 Å². The highest BCUT2D eigenvalue weighted by Gasteiger charge is 2.05. The van der Waals surface area contributed by atoms with Gasteiger partial charge in [-0.15, -0.1) is 11.3 Å². The fourth-order valence-electron chi connectivity index (χ4n) is 0.866. The maximum Gasteiger partial charge on any atom is 0.107 e. The van der Waals surface area contributed by atoms with Crippen molar-refractivity contribution in [3.63, 3.8) is 0 Å². The third kappa shape index (κ3) is 3.05. The van der Waals surface area contributed by atoms with Crippen LogP contribution in [0.5, 0.6) is 0 Å². The third-order valence-electron chi connectivity index (χ3n) is 1.50. The number of thiophene rings is 1. The number of aliphatic hydroxyl groups is 1. The van der Waals surface area contributed by atoms with Gasteiger partial charge in [0.15, 0.2) is 0 Å². The van der Waals surface area contributed by atoms with Crippen LogP contribution in [0, 0.1) is 0 Å². The van der Waals surface area contributed by atoms with Gasteiger partial charge < -0.3 is 5.11 Å². The highest BCUT2D eigenvalue weighted by atomic mass is 79.9. The smallest absolute Gasteiger partial charge is 0.107 e. The van der Waals surface area contributed by atoms with Crippen molar-refractivity contribution in [3.8, 4) is 0 Å². The van der Waals surface area contributed by atoms with Crippen LogP contribution in [0.3, 0.4) is 0 Å². The molecule has 0 saturated carbocycles. The summed E-state index contributed by atoms with van der Waals surface area (Å²) in [6, 6.07) is 2.01. The molecule has 0 radical (unpaired) electrons. The van der Waals surface area contributed by atoms with E-state index in [1.165, 1.54) is 4.88 Å². The molecule has 0 aromatic carbocycles. The van der Waals surface area contributed by atoms with Gasteiger partial charge in [-0.2, -0.15) is 0 Å². The molecular formula is C8H10BrClOS. The summed E-state index contributed by atoms with van der Waals surface area (Å²) in [4.78, 5) is 1.22. The highest BCUT2D eigenvalue weighted by molar-refractivity contribution is 9.10. The second kappa shape index (κ2) is 4.61. The molecule has 68 valence electrons. The van der Waals surface area contributed by atoms with E-state index in [9.17, 15) is 0 Å². The van der Waals surface area contributed by atoms with Crippen molar-refractivity contribution in [2.24, 2.45) is 0 Å². The molecule has 1 aromatic heterocycles. The molecule has 1 aromatic rings. The van der Waals surface area contributed by atoms with Crippen molar-refractivity contribution in [1.29, 1.82) is 0 Å². The Morgan fingerprint density at radius 3 is 2.83 bits per heavy atom. The zero-order chi connectivity index (χ0) is 9.14. The van der Waals surface area contributed by atoms with Crippen molar-refractivity contribution >= 4 is 38.9 Å².